The van der Waals surface area contributed by atoms with Crippen molar-refractivity contribution in [3.05, 3.63) is 68.3 Å². The molecule has 0 aliphatic rings. The van der Waals surface area contributed by atoms with Crippen LogP contribution >= 0.6 is 11.8 Å². The van der Waals surface area contributed by atoms with Gasteiger partial charge in [0.05, 0.1) is 23.0 Å². The normalized spacial score (nSPS) is 10.6. The Kier molecular flexibility index (Phi) is 5.31. The van der Waals surface area contributed by atoms with E-state index in [0.717, 1.165) is 23.4 Å². The summed E-state index contributed by atoms with van der Waals surface area (Å²) >= 11 is 1.13. The Morgan fingerprint density at radius 3 is 2.26 bits per heavy atom. The number of nitrogens with zero attached hydrogens (tertiary/aromatic N) is 4. The van der Waals surface area contributed by atoms with Gasteiger partial charge in [-0.05, 0) is 29.8 Å². The second-order valence-electron chi connectivity index (χ2n) is 5.27. The minimum Gasteiger partial charge on any atom is -0.497 e. The van der Waals surface area contributed by atoms with Crippen molar-refractivity contribution in [3.63, 3.8) is 0 Å². The Morgan fingerprint density at radius 1 is 1.07 bits per heavy atom. The number of aromatic nitrogens is 2. The molecule has 0 spiro atoms. The lowest BCUT2D eigenvalue weighted by molar-refractivity contribution is -0.394. The van der Waals surface area contributed by atoms with E-state index in [0.29, 0.717) is 17.1 Å². The standard InChI is InChI=1S/C16H12N4O6S/c1-25-14-4-2-11(3-5-14)15-17-16(26-18-15)27-9-10-6-12(19(21)22)8-13(7-10)20(23)24/h2-8H,9H2,1H3. The number of benzene rings is 2. The Morgan fingerprint density at radius 2 is 1.70 bits per heavy atom. The molecule has 1 aromatic heterocycles. The monoisotopic (exact) mass is 388 g/mol. The number of nitro benzene ring substituents is 2. The molecule has 0 aliphatic carbocycles. The summed E-state index contributed by atoms with van der Waals surface area (Å²) in [5, 5.41) is 26.0. The summed E-state index contributed by atoms with van der Waals surface area (Å²) in [4.78, 5) is 24.8. The first-order chi connectivity index (χ1) is 13.0. The average molecular weight is 388 g/mol. The molecule has 3 rings (SSSR count). The predicted molar refractivity (Wildman–Crippen MR) is 95.6 cm³/mol. The second-order valence-corrected chi connectivity index (χ2v) is 6.20. The molecule has 0 aliphatic heterocycles. The molecule has 11 heteroatoms. The highest BCUT2D eigenvalue weighted by Gasteiger charge is 2.17. The van der Waals surface area contributed by atoms with E-state index in [9.17, 15) is 20.2 Å². The molecule has 2 aromatic carbocycles. The molecule has 0 N–H and O–H groups in total. The minimum absolute atomic E-state index is 0.201. The highest BCUT2D eigenvalue weighted by Crippen LogP contribution is 2.29. The van der Waals surface area contributed by atoms with Gasteiger partial charge in [-0.25, -0.2) is 0 Å². The first kappa shape index (κ1) is 18.3. The van der Waals surface area contributed by atoms with E-state index in [4.69, 9.17) is 9.26 Å². The molecule has 1 heterocycles. The molecule has 0 amide bonds. The molecule has 0 atom stereocenters. The smallest absolute Gasteiger partial charge is 0.286 e. The van der Waals surface area contributed by atoms with Crippen molar-refractivity contribution in [1.82, 2.24) is 10.1 Å². The van der Waals surface area contributed by atoms with Crippen molar-refractivity contribution in [1.29, 1.82) is 0 Å². The Hall–Kier alpha value is -3.47. The van der Waals surface area contributed by atoms with Crippen LogP contribution in [-0.4, -0.2) is 27.1 Å². The maximum Gasteiger partial charge on any atom is 0.286 e. The number of hydrogen-bond donors (Lipinski definition) is 0. The Balaban J connectivity index is 1.74. The van der Waals surface area contributed by atoms with Crippen LogP contribution in [0.3, 0.4) is 0 Å². The van der Waals surface area contributed by atoms with Crippen LogP contribution in [0, 0.1) is 20.2 Å². The zero-order valence-corrected chi connectivity index (χ0v) is 14.7. The van der Waals surface area contributed by atoms with Gasteiger partial charge >= 0.3 is 0 Å². The predicted octanol–water partition coefficient (Wildman–Crippen LogP) is 3.85. The fourth-order valence-corrected chi connectivity index (χ4v) is 2.92. The highest BCUT2D eigenvalue weighted by molar-refractivity contribution is 7.98. The third-order valence-electron chi connectivity index (χ3n) is 3.50. The molecule has 0 saturated carbocycles. The van der Waals surface area contributed by atoms with Gasteiger partial charge in [0.2, 0.25) is 5.82 Å². The zero-order chi connectivity index (χ0) is 19.4. The van der Waals surface area contributed by atoms with Crippen molar-refractivity contribution in [2.24, 2.45) is 0 Å². The van der Waals surface area contributed by atoms with E-state index in [2.05, 4.69) is 10.1 Å². The highest BCUT2D eigenvalue weighted by atomic mass is 32.2. The molecule has 0 radical (unpaired) electrons. The third-order valence-corrected chi connectivity index (χ3v) is 4.39. The van der Waals surface area contributed by atoms with E-state index >= 15 is 0 Å². The van der Waals surface area contributed by atoms with Crippen molar-refractivity contribution < 1.29 is 19.1 Å². The van der Waals surface area contributed by atoms with E-state index in [1.807, 2.05) is 0 Å². The average Bonchev–Trinajstić information content (AvgIpc) is 3.15. The fourth-order valence-electron chi connectivity index (χ4n) is 2.22. The summed E-state index contributed by atoms with van der Waals surface area (Å²) in [5.41, 5.74) is 0.455. The van der Waals surface area contributed by atoms with Crippen molar-refractivity contribution >= 4 is 23.1 Å². The van der Waals surface area contributed by atoms with E-state index in [1.165, 1.54) is 12.1 Å². The van der Waals surface area contributed by atoms with Crippen molar-refractivity contribution in [3.8, 4) is 17.1 Å². The molecule has 10 nitrogen and oxygen atoms in total. The summed E-state index contributed by atoms with van der Waals surface area (Å²) in [5.74, 6) is 1.28. The van der Waals surface area contributed by atoms with Gasteiger partial charge in [-0.3, -0.25) is 20.2 Å². The van der Waals surface area contributed by atoms with Crippen LogP contribution in [-0.2, 0) is 5.75 Å². The van der Waals surface area contributed by atoms with Gasteiger partial charge < -0.3 is 9.26 Å². The number of ether oxygens (including phenoxy) is 1. The first-order valence-electron chi connectivity index (χ1n) is 7.50. The lowest BCUT2D eigenvalue weighted by Gasteiger charge is -2.00. The van der Waals surface area contributed by atoms with Crippen LogP contribution in [0.5, 0.6) is 5.75 Å². The molecule has 27 heavy (non-hydrogen) atoms. The molecule has 138 valence electrons. The van der Waals surface area contributed by atoms with Crippen LogP contribution in [0.2, 0.25) is 0 Å². The maximum absolute atomic E-state index is 10.9. The Labute approximate surface area is 156 Å². The molecular formula is C16H12N4O6S. The molecule has 0 saturated heterocycles. The number of hydrogen-bond acceptors (Lipinski definition) is 9. The largest absolute Gasteiger partial charge is 0.497 e. The van der Waals surface area contributed by atoms with Crippen molar-refractivity contribution in [2.45, 2.75) is 11.0 Å². The number of methoxy groups -OCH3 is 1. The lowest BCUT2D eigenvalue weighted by Crippen LogP contribution is -1.95. The molecule has 0 unspecified atom stereocenters. The lowest BCUT2D eigenvalue weighted by atomic mass is 10.2. The number of nitro groups is 2. The van der Waals surface area contributed by atoms with E-state index < -0.39 is 9.85 Å². The van der Waals surface area contributed by atoms with Crippen LogP contribution in [0.4, 0.5) is 11.4 Å². The zero-order valence-electron chi connectivity index (χ0n) is 13.9. The number of rotatable bonds is 7. The van der Waals surface area contributed by atoms with Gasteiger partial charge in [0.25, 0.3) is 16.6 Å². The number of non-ortho nitro benzene ring substituents is 2. The first-order valence-corrected chi connectivity index (χ1v) is 8.48. The maximum atomic E-state index is 10.9. The minimum atomic E-state index is -0.671. The van der Waals surface area contributed by atoms with Gasteiger partial charge in [0, 0.05) is 23.4 Å². The topological polar surface area (TPSA) is 134 Å². The summed E-state index contributed by atoms with van der Waals surface area (Å²) in [7, 11) is 1.57. The van der Waals surface area contributed by atoms with Gasteiger partial charge in [-0.1, -0.05) is 16.9 Å². The van der Waals surface area contributed by atoms with Gasteiger partial charge in [0.1, 0.15) is 5.75 Å². The molecule has 3 aromatic rings. The SMILES string of the molecule is COc1ccc(-c2noc(SCc3cc([N+](=O)[O-])cc([N+](=O)[O-])c3)n2)cc1. The van der Waals surface area contributed by atoms with Crippen molar-refractivity contribution in [2.75, 3.05) is 7.11 Å². The summed E-state index contributed by atoms with van der Waals surface area (Å²) in [6.07, 6.45) is 0. The van der Waals surface area contributed by atoms with E-state index in [1.54, 1.807) is 31.4 Å². The Bertz CT molecular complexity index is 957. The van der Waals surface area contributed by atoms with Crippen LogP contribution in [0.25, 0.3) is 11.4 Å². The quantitative estimate of drug-likeness (QED) is 0.336. The fraction of sp³-hybridized carbons (Fsp3) is 0.125. The van der Waals surface area contributed by atoms with Gasteiger partial charge in [0.15, 0.2) is 0 Å². The summed E-state index contributed by atoms with van der Waals surface area (Å²) in [6.45, 7) is 0. The summed E-state index contributed by atoms with van der Waals surface area (Å²) in [6, 6.07) is 10.6. The second kappa shape index (κ2) is 7.83. The van der Waals surface area contributed by atoms with Crippen LogP contribution in [0.15, 0.2) is 52.2 Å². The molecule has 0 fully saturated rings. The number of thioether (sulfide) groups is 1. The molecular weight excluding hydrogens is 376 g/mol. The van der Waals surface area contributed by atoms with E-state index in [-0.39, 0.29) is 22.4 Å². The van der Waals surface area contributed by atoms with Crippen LogP contribution in [0.1, 0.15) is 5.56 Å². The third kappa shape index (κ3) is 4.39. The summed E-state index contributed by atoms with van der Waals surface area (Å²) < 4.78 is 10.2. The molecule has 0 bridgehead atoms. The van der Waals surface area contributed by atoms with Gasteiger partial charge in [-0.2, -0.15) is 4.98 Å². The van der Waals surface area contributed by atoms with Crippen LogP contribution < -0.4 is 4.74 Å². The van der Waals surface area contributed by atoms with Gasteiger partial charge in [-0.15, -0.1) is 0 Å².